The number of hydrogen-bond acceptors (Lipinski definition) is 0. The van der Waals surface area contributed by atoms with Crippen LogP contribution >= 0.6 is 0 Å². The summed E-state index contributed by atoms with van der Waals surface area (Å²) in [7, 11) is 0. The molecule has 22 heavy (non-hydrogen) atoms. The Morgan fingerprint density at radius 1 is 0.864 bits per heavy atom. The van der Waals surface area contributed by atoms with E-state index in [1.54, 1.807) is 0 Å². The molecule has 0 heterocycles. The predicted octanol–water partition coefficient (Wildman–Crippen LogP) is 7.15. The summed E-state index contributed by atoms with van der Waals surface area (Å²) in [6.07, 6.45) is 5.71. The van der Waals surface area contributed by atoms with Crippen LogP contribution in [-0.2, 0) is 6.42 Å². The molecule has 0 saturated heterocycles. The highest BCUT2D eigenvalue weighted by atomic mass is 14.1. The van der Waals surface area contributed by atoms with Gasteiger partial charge in [0.1, 0.15) is 0 Å². The van der Waals surface area contributed by atoms with Gasteiger partial charge in [-0.3, -0.25) is 0 Å². The normalized spacial score (nSPS) is 10.9. The van der Waals surface area contributed by atoms with Crippen LogP contribution in [0.5, 0.6) is 0 Å². The molecule has 0 aliphatic rings. The van der Waals surface area contributed by atoms with Crippen molar-refractivity contribution in [2.75, 3.05) is 0 Å². The highest BCUT2D eigenvalue weighted by molar-refractivity contribution is 5.82. The Kier molecular flexibility index (Phi) is 8.28. The molecule has 0 heteroatoms. The molecule has 118 valence electrons. The van der Waals surface area contributed by atoms with E-state index in [1.165, 1.54) is 34.2 Å². The van der Waals surface area contributed by atoms with Gasteiger partial charge < -0.3 is 0 Å². The molecule has 0 amide bonds. The quantitative estimate of drug-likeness (QED) is 0.549. The standard InChI is InChI=1S/C20H24.C2H6/c1-4-10-16(3)18-13-8-9-15-20(18)19-14-7-6-12-17(19)11-5-2;1-2/h6-10,12-15H,4-5,11H2,1-3H3;1-2H3. The molecule has 0 atom stereocenters. The summed E-state index contributed by atoms with van der Waals surface area (Å²) in [5.74, 6) is 0. The Bertz CT molecular complexity index is 590. The minimum atomic E-state index is 1.08. The second-order valence-electron chi connectivity index (χ2n) is 5.25. The lowest BCUT2D eigenvalue weighted by molar-refractivity contribution is 0.923. The van der Waals surface area contributed by atoms with Gasteiger partial charge in [-0.15, -0.1) is 0 Å². The van der Waals surface area contributed by atoms with Crippen molar-refractivity contribution in [3.05, 3.63) is 65.7 Å². The smallest absolute Gasteiger partial charge is 0.0106 e. The summed E-state index contributed by atoms with van der Waals surface area (Å²) in [5.41, 5.74) is 6.92. The van der Waals surface area contributed by atoms with Gasteiger partial charge in [0.05, 0.1) is 0 Å². The molecule has 2 aromatic rings. The minimum absolute atomic E-state index is 1.08. The third-order valence-corrected chi connectivity index (χ3v) is 3.69. The van der Waals surface area contributed by atoms with Crippen LogP contribution in [0.4, 0.5) is 0 Å². The molecule has 0 aliphatic carbocycles. The first-order valence-corrected chi connectivity index (χ1v) is 8.62. The average Bonchev–Trinajstić information content (AvgIpc) is 2.58. The van der Waals surface area contributed by atoms with E-state index in [-0.39, 0.29) is 0 Å². The average molecular weight is 294 g/mol. The summed E-state index contributed by atoms with van der Waals surface area (Å²) in [6, 6.07) is 17.6. The molecule has 0 saturated carbocycles. The molecule has 2 aromatic carbocycles. The first-order chi connectivity index (χ1) is 10.8. The van der Waals surface area contributed by atoms with Crippen molar-refractivity contribution in [2.45, 2.75) is 53.9 Å². The van der Waals surface area contributed by atoms with Gasteiger partial charge in [-0.25, -0.2) is 0 Å². The van der Waals surface area contributed by atoms with Crippen LogP contribution in [0, 0.1) is 0 Å². The van der Waals surface area contributed by atoms with Gasteiger partial charge in [-0.05, 0) is 47.6 Å². The Labute approximate surface area is 136 Å². The van der Waals surface area contributed by atoms with E-state index >= 15 is 0 Å². The lowest BCUT2D eigenvalue weighted by atomic mass is 9.90. The number of allylic oxidation sites excluding steroid dienone is 2. The van der Waals surface area contributed by atoms with E-state index in [0.717, 1.165) is 12.8 Å². The van der Waals surface area contributed by atoms with Crippen LogP contribution in [0.3, 0.4) is 0 Å². The van der Waals surface area contributed by atoms with Crippen LogP contribution in [0.15, 0.2) is 54.6 Å². The molecule has 0 radical (unpaired) electrons. The van der Waals surface area contributed by atoms with Crippen molar-refractivity contribution in [3.8, 4) is 11.1 Å². The SMILES string of the molecule is CC.CCC=C(C)c1ccccc1-c1ccccc1CCC. The number of aryl methyl sites for hydroxylation is 1. The van der Waals surface area contributed by atoms with Gasteiger partial charge in [-0.1, -0.05) is 88.7 Å². The zero-order valence-electron chi connectivity index (χ0n) is 14.8. The van der Waals surface area contributed by atoms with Gasteiger partial charge in [0.2, 0.25) is 0 Å². The highest BCUT2D eigenvalue weighted by Crippen LogP contribution is 2.31. The molecule has 0 aromatic heterocycles. The van der Waals surface area contributed by atoms with E-state index in [0.29, 0.717) is 0 Å². The van der Waals surface area contributed by atoms with Gasteiger partial charge in [-0.2, -0.15) is 0 Å². The second-order valence-corrected chi connectivity index (χ2v) is 5.25. The van der Waals surface area contributed by atoms with Crippen molar-refractivity contribution in [2.24, 2.45) is 0 Å². The summed E-state index contributed by atoms with van der Waals surface area (Å²) in [5, 5.41) is 0. The Morgan fingerprint density at radius 2 is 1.45 bits per heavy atom. The van der Waals surface area contributed by atoms with Gasteiger partial charge in [0, 0.05) is 0 Å². The van der Waals surface area contributed by atoms with E-state index in [1.807, 2.05) is 13.8 Å². The molecule has 0 unspecified atom stereocenters. The molecule has 0 N–H and O–H groups in total. The highest BCUT2D eigenvalue weighted by Gasteiger charge is 2.09. The van der Waals surface area contributed by atoms with E-state index in [9.17, 15) is 0 Å². The zero-order valence-corrected chi connectivity index (χ0v) is 14.8. The Balaban J connectivity index is 0.00000116. The van der Waals surface area contributed by atoms with Crippen LogP contribution in [-0.4, -0.2) is 0 Å². The van der Waals surface area contributed by atoms with Gasteiger partial charge >= 0.3 is 0 Å². The lowest BCUT2D eigenvalue weighted by Crippen LogP contribution is -1.93. The van der Waals surface area contributed by atoms with Crippen molar-refractivity contribution < 1.29 is 0 Å². The van der Waals surface area contributed by atoms with E-state index in [2.05, 4.69) is 75.4 Å². The van der Waals surface area contributed by atoms with E-state index < -0.39 is 0 Å². The first-order valence-electron chi connectivity index (χ1n) is 8.62. The number of hydrogen-bond donors (Lipinski definition) is 0. The van der Waals surface area contributed by atoms with Crippen molar-refractivity contribution >= 4 is 5.57 Å². The van der Waals surface area contributed by atoms with Crippen LogP contribution in [0.2, 0.25) is 0 Å². The monoisotopic (exact) mass is 294 g/mol. The predicted molar refractivity (Wildman–Crippen MR) is 101 cm³/mol. The Morgan fingerprint density at radius 3 is 2.09 bits per heavy atom. The molecule has 0 bridgehead atoms. The summed E-state index contributed by atoms with van der Waals surface area (Å²) in [6.45, 7) is 10.6. The lowest BCUT2D eigenvalue weighted by Gasteiger charge is -2.14. The summed E-state index contributed by atoms with van der Waals surface area (Å²) < 4.78 is 0. The molecule has 0 spiro atoms. The van der Waals surface area contributed by atoms with Crippen molar-refractivity contribution in [3.63, 3.8) is 0 Å². The molecule has 2 rings (SSSR count). The molecular weight excluding hydrogens is 264 g/mol. The number of rotatable bonds is 5. The largest absolute Gasteiger partial charge is 0.0813 e. The maximum absolute atomic E-state index is 2.31. The zero-order chi connectivity index (χ0) is 16.4. The number of benzene rings is 2. The topological polar surface area (TPSA) is 0 Å². The maximum Gasteiger partial charge on any atom is -0.0106 e. The molecular formula is C22H30. The third kappa shape index (κ3) is 4.59. The molecule has 0 aliphatic heterocycles. The second kappa shape index (κ2) is 10.00. The van der Waals surface area contributed by atoms with Gasteiger partial charge in [0.25, 0.3) is 0 Å². The molecule has 0 fully saturated rings. The van der Waals surface area contributed by atoms with Crippen LogP contribution in [0.1, 0.15) is 58.6 Å². The fourth-order valence-electron chi connectivity index (χ4n) is 2.75. The molecule has 0 nitrogen and oxygen atoms in total. The van der Waals surface area contributed by atoms with Gasteiger partial charge in [0.15, 0.2) is 0 Å². The Hall–Kier alpha value is -1.82. The third-order valence-electron chi connectivity index (χ3n) is 3.69. The van der Waals surface area contributed by atoms with Crippen LogP contribution < -0.4 is 0 Å². The summed E-state index contributed by atoms with van der Waals surface area (Å²) in [4.78, 5) is 0. The van der Waals surface area contributed by atoms with Crippen molar-refractivity contribution in [1.29, 1.82) is 0 Å². The summed E-state index contributed by atoms with van der Waals surface area (Å²) >= 11 is 0. The fourth-order valence-corrected chi connectivity index (χ4v) is 2.75. The first kappa shape index (κ1) is 18.2. The minimum Gasteiger partial charge on any atom is -0.0813 e. The fraction of sp³-hybridized carbons (Fsp3) is 0.364. The van der Waals surface area contributed by atoms with E-state index in [4.69, 9.17) is 0 Å². The van der Waals surface area contributed by atoms with Crippen molar-refractivity contribution in [1.82, 2.24) is 0 Å². The van der Waals surface area contributed by atoms with Crippen LogP contribution in [0.25, 0.3) is 16.7 Å². The maximum atomic E-state index is 2.31.